The number of hydrogen-bond acceptors (Lipinski definition) is 6. The van der Waals surface area contributed by atoms with Gasteiger partial charge in [-0.05, 0) is 19.1 Å². The summed E-state index contributed by atoms with van der Waals surface area (Å²) in [4.78, 5) is 6.75. The molecule has 0 aliphatic heterocycles. The van der Waals surface area contributed by atoms with Gasteiger partial charge in [0.2, 0.25) is 5.82 Å². The molecule has 1 aromatic heterocycles. The maximum absolute atomic E-state index is 12.6. The number of hydrazine groups is 1. The van der Waals surface area contributed by atoms with Crippen LogP contribution in [0, 0.1) is 0 Å². The third kappa shape index (κ3) is 3.41. The number of rotatable bonds is 5. The van der Waals surface area contributed by atoms with E-state index in [1.165, 1.54) is 6.07 Å². The van der Waals surface area contributed by atoms with Gasteiger partial charge >= 0.3 is 6.18 Å². The van der Waals surface area contributed by atoms with Crippen LogP contribution >= 0.6 is 11.8 Å². The molecule has 1 aliphatic rings. The molecular formula is C10H14F3N5S. The van der Waals surface area contributed by atoms with Crippen molar-refractivity contribution in [3.8, 4) is 0 Å². The van der Waals surface area contributed by atoms with Crippen molar-refractivity contribution < 1.29 is 13.2 Å². The van der Waals surface area contributed by atoms with Gasteiger partial charge in [-0.25, -0.2) is 15.8 Å². The van der Waals surface area contributed by atoms with Crippen molar-refractivity contribution in [3.63, 3.8) is 0 Å². The summed E-state index contributed by atoms with van der Waals surface area (Å²) in [6.07, 6.45) is -0.497. The van der Waals surface area contributed by atoms with E-state index < -0.39 is 12.0 Å². The first-order valence-electron chi connectivity index (χ1n) is 5.60. The molecule has 0 bridgehead atoms. The third-order valence-corrected chi connectivity index (χ3v) is 4.38. The van der Waals surface area contributed by atoms with Crippen LogP contribution in [0.3, 0.4) is 0 Å². The van der Waals surface area contributed by atoms with Crippen molar-refractivity contribution in [1.82, 2.24) is 9.97 Å². The Bertz CT molecular complexity index is 461. The third-order valence-electron chi connectivity index (χ3n) is 2.96. The summed E-state index contributed by atoms with van der Waals surface area (Å²) in [6.45, 7) is 0.576. The predicted molar refractivity (Wildman–Crippen MR) is 68.8 cm³/mol. The Morgan fingerprint density at radius 1 is 1.37 bits per heavy atom. The Morgan fingerprint density at radius 2 is 2.00 bits per heavy atom. The molecule has 4 N–H and O–H groups in total. The highest BCUT2D eigenvalue weighted by Crippen LogP contribution is 2.47. The molecule has 1 aromatic rings. The van der Waals surface area contributed by atoms with Gasteiger partial charge in [-0.1, -0.05) is 0 Å². The van der Waals surface area contributed by atoms with E-state index in [4.69, 9.17) is 5.84 Å². The average molecular weight is 293 g/mol. The van der Waals surface area contributed by atoms with E-state index in [1.807, 2.05) is 6.26 Å². The van der Waals surface area contributed by atoms with E-state index in [2.05, 4.69) is 20.7 Å². The minimum absolute atomic E-state index is 0.0705. The molecule has 1 fully saturated rings. The summed E-state index contributed by atoms with van der Waals surface area (Å²) < 4.78 is 38.0. The van der Waals surface area contributed by atoms with E-state index in [0.717, 1.165) is 12.8 Å². The van der Waals surface area contributed by atoms with E-state index in [-0.39, 0.29) is 16.4 Å². The SMILES string of the molecule is CSC1(CNc2cc(NN)nc(C(F)(F)F)n2)CC1. The Labute approximate surface area is 112 Å². The highest BCUT2D eigenvalue weighted by Gasteiger charge is 2.42. The monoisotopic (exact) mass is 293 g/mol. The van der Waals surface area contributed by atoms with E-state index in [0.29, 0.717) is 6.54 Å². The number of hydrogen-bond donors (Lipinski definition) is 3. The van der Waals surface area contributed by atoms with Gasteiger partial charge in [0.25, 0.3) is 0 Å². The first-order chi connectivity index (χ1) is 8.88. The van der Waals surface area contributed by atoms with Crippen LogP contribution < -0.4 is 16.6 Å². The Hall–Kier alpha value is -1.22. The summed E-state index contributed by atoms with van der Waals surface area (Å²) in [7, 11) is 0. The molecule has 0 atom stereocenters. The lowest BCUT2D eigenvalue weighted by atomic mass is 10.4. The second kappa shape index (κ2) is 5.04. The number of nitrogens with one attached hydrogen (secondary N) is 2. The molecule has 19 heavy (non-hydrogen) atoms. The van der Waals surface area contributed by atoms with Crippen LogP contribution in [0.5, 0.6) is 0 Å². The smallest absolute Gasteiger partial charge is 0.368 e. The van der Waals surface area contributed by atoms with Gasteiger partial charge in [0.15, 0.2) is 0 Å². The van der Waals surface area contributed by atoms with Crippen molar-refractivity contribution in [1.29, 1.82) is 0 Å². The number of aromatic nitrogens is 2. The van der Waals surface area contributed by atoms with Crippen LogP contribution in [0.2, 0.25) is 0 Å². The molecule has 2 rings (SSSR count). The normalized spacial score (nSPS) is 17.1. The Morgan fingerprint density at radius 3 is 2.47 bits per heavy atom. The van der Waals surface area contributed by atoms with Gasteiger partial charge in [-0.2, -0.15) is 24.9 Å². The molecule has 0 amide bonds. The van der Waals surface area contributed by atoms with Crippen molar-refractivity contribution in [2.24, 2.45) is 5.84 Å². The number of halogens is 3. The quantitative estimate of drug-likeness (QED) is 0.570. The van der Waals surface area contributed by atoms with Crippen LogP contribution in [0.15, 0.2) is 6.07 Å². The molecule has 0 aromatic carbocycles. The zero-order chi connectivity index (χ0) is 14.1. The second-order valence-electron chi connectivity index (χ2n) is 4.34. The standard InChI is InChI=1S/C10H14F3N5S/c1-19-9(2-3-9)5-15-6-4-7(18-14)17-8(16-6)10(11,12)13/h4H,2-3,5,14H2,1H3,(H2,15,16,17,18). The zero-order valence-electron chi connectivity index (χ0n) is 10.2. The average Bonchev–Trinajstić information content (AvgIpc) is 3.15. The van der Waals surface area contributed by atoms with Gasteiger partial charge in [0.1, 0.15) is 11.6 Å². The van der Waals surface area contributed by atoms with Crippen LogP contribution in [-0.2, 0) is 6.18 Å². The molecule has 106 valence electrons. The zero-order valence-corrected chi connectivity index (χ0v) is 11.0. The minimum atomic E-state index is -4.60. The Balaban J connectivity index is 2.15. The molecule has 0 unspecified atom stereocenters. The van der Waals surface area contributed by atoms with Crippen LogP contribution in [0.1, 0.15) is 18.7 Å². The number of nitrogens with zero attached hydrogens (tertiary/aromatic N) is 2. The van der Waals surface area contributed by atoms with Gasteiger partial charge < -0.3 is 10.7 Å². The molecule has 0 saturated heterocycles. The number of nitrogens with two attached hydrogens (primary N) is 1. The summed E-state index contributed by atoms with van der Waals surface area (Å²) in [5.41, 5.74) is 2.11. The van der Waals surface area contributed by atoms with Crippen LogP contribution in [-0.4, -0.2) is 27.5 Å². The fourth-order valence-electron chi connectivity index (χ4n) is 1.58. The molecule has 1 aliphatic carbocycles. The molecular weight excluding hydrogens is 279 g/mol. The van der Waals surface area contributed by atoms with Crippen molar-refractivity contribution >= 4 is 23.4 Å². The van der Waals surface area contributed by atoms with Crippen LogP contribution in [0.25, 0.3) is 0 Å². The fraction of sp³-hybridized carbons (Fsp3) is 0.600. The lowest BCUT2D eigenvalue weighted by molar-refractivity contribution is -0.144. The first kappa shape index (κ1) is 14.2. The first-order valence-corrected chi connectivity index (χ1v) is 6.83. The molecule has 1 heterocycles. The summed E-state index contributed by atoms with van der Waals surface area (Å²) in [5.74, 6) is 3.95. The van der Waals surface area contributed by atoms with Crippen LogP contribution in [0.4, 0.5) is 24.8 Å². The van der Waals surface area contributed by atoms with E-state index in [1.54, 1.807) is 11.8 Å². The van der Waals surface area contributed by atoms with Gasteiger partial charge in [0, 0.05) is 17.4 Å². The number of thioether (sulfide) groups is 1. The number of alkyl halides is 3. The highest BCUT2D eigenvalue weighted by molar-refractivity contribution is 8.00. The Kier molecular flexibility index (Phi) is 3.77. The molecule has 0 spiro atoms. The summed E-state index contributed by atoms with van der Waals surface area (Å²) in [6, 6.07) is 1.35. The van der Waals surface area contributed by atoms with Crippen molar-refractivity contribution in [2.45, 2.75) is 23.8 Å². The second-order valence-corrected chi connectivity index (χ2v) is 5.62. The van der Waals surface area contributed by atoms with Gasteiger partial charge in [0.05, 0.1) is 0 Å². The molecule has 5 nitrogen and oxygen atoms in total. The largest absolute Gasteiger partial charge is 0.451 e. The van der Waals surface area contributed by atoms with E-state index in [9.17, 15) is 13.2 Å². The minimum Gasteiger partial charge on any atom is -0.368 e. The molecule has 1 saturated carbocycles. The summed E-state index contributed by atoms with van der Waals surface area (Å²) in [5, 5.41) is 2.92. The highest BCUT2D eigenvalue weighted by atomic mass is 32.2. The maximum atomic E-state index is 12.6. The molecule has 0 radical (unpaired) electrons. The number of anilines is 2. The number of nitrogen functional groups attached to an aromatic ring is 1. The lowest BCUT2D eigenvalue weighted by Crippen LogP contribution is -2.21. The van der Waals surface area contributed by atoms with Gasteiger partial charge in [-0.15, -0.1) is 0 Å². The fourth-order valence-corrected chi connectivity index (χ4v) is 2.31. The van der Waals surface area contributed by atoms with Gasteiger partial charge in [-0.3, -0.25) is 0 Å². The lowest BCUT2D eigenvalue weighted by Gasteiger charge is -2.15. The maximum Gasteiger partial charge on any atom is 0.451 e. The topological polar surface area (TPSA) is 75.9 Å². The van der Waals surface area contributed by atoms with Crippen molar-refractivity contribution in [3.05, 3.63) is 11.9 Å². The van der Waals surface area contributed by atoms with Crippen molar-refractivity contribution in [2.75, 3.05) is 23.5 Å². The van der Waals surface area contributed by atoms with E-state index >= 15 is 0 Å². The molecule has 9 heteroatoms. The predicted octanol–water partition coefficient (Wildman–Crippen LogP) is 2.09. The summed E-state index contributed by atoms with van der Waals surface area (Å²) >= 11 is 1.71.